The molecule has 3 aromatic carbocycles. The number of rotatable bonds is 3. The van der Waals surface area contributed by atoms with Crippen LogP contribution in [0.15, 0.2) is 72.8 Å². The van der Waals surface area contributed by atoms with Gasteiger partial charge in [0.05, 0.1) is 30.0 Å². The van der Waals surface area contributed by atoms with Gasteiger partial charge in [0.25, 0.3) is 0 Å². The highest BCUT2D eigenvalue weighted by atomic mass is 16.5. The topological polar surface area (TPSA) is 63.7 Å². The maximum atomic E-state index is 14.0. The third-order valence-electron chi connectivity index (χ3n) is 7.50. The SMILES string of the molecule is COc1ccccc1N1C(=O)[C@@H]2C3c4ccccc4C(C(C)=O)(c4ccccc43)[C@H]2C1=O. The summed E-state index contributed by atoms with van der Waals surface area (Å²) in [5, 5.41) is 0. The number of hydrogen-bond acceptors (Lipinski definition) is 4. The van der Waals surface area contributed by atoms with Gasteiger partial charge >= 0.3 is 0 Å². The van der Waals surface area contributed by atoms with E-state index in [4.69, 9.17) is 4.74 Å². The molecule has 0 radical (unpaired) electrons. The van der Waals surface area contributed by atoms with Crippen LogP contribution in [0.4, 0.5) is 5.69 Å². The number of ether oxygens (including phenoxy) is 1. The smallest absolute Gasteiger partial charge is 0.239 e. The summed E-state index contributed by atoms with van der Waals surface area (Å²) >= 11 is 0. The van der Waals surface area contributed by atoms with Crippen molar-refractivity contribution < 1.29 is 19.1 Å². The van der Waals surface area contributed by atoms with Crippen LogP contribution >= 0.6 is 0 Å². The van der Waals surface area contributed by atoms with E-state index in [1.165, 1.54) is 12.0 Å². The van der Waals surface area contributed by atoms with Crippen LogP contribution in [0.3, 0.4) is 0 Å². The molecule has 32 heavy (non-hydrogen) atoms. The normalized spacial score (nSPS) is 27.1. The zero-order valence-corrected chi connectivity index (χ0v) is 17.7. The average Bonchev–Trinajstić information content (AvgIpc) is 3.09. The second kappa shape index (κ2) is 6.39. The minimum absolute atomic E-state index is 0.117. The number of carbonyl (C=O) groups is 3. The first kappa shape index (κ1) is 19.0. The molecular formula is C27H21NO4. The lowest BCUT2D eigenvalue weighted by Gasteiger charge is -2.52. The van der Waals surface area contributed by atoms with Gasteiger partial charge in [0.2, 0.25) is 11.8 Å². The van der Waals surface area contributed by atoms with Crippen LogP contribution in [0, 0.1) is 11.8 Å². The Morgan fingerprint density at radius 2 is 1.41 bits per heavy atom. The molecule has 0 unspecified atom stereocenters. The molecule has 0 spiro atoms. The predicted molar refractivity (Wildman–Crippen MR) is 119 cm³/mol. The number of benzene rings is 3. The van der Waals surface area contributed by atoms with E-state index in [0.717, 1.165) is 22.3 Å². The number of hydrogen-bond donors (Lipinski definition) is 0. The highest BCUT2D eigenvalue weighted by molar-refractivity contribution is 6.26. The lowest BCUT2D eigenvalue weighted by molar-refractivity contribution is -0.132. The monoisotopic (exact) mass is 423 g/mol. The zero-order valence-electron chi connectivity index (χ0n) is 17.7. The number of amides is 2. The summed E-state index contributed by atoms with van der Waals surface area (Å²) in [6.07, 6.45) is 0. The van der Waals surface area contributed by atoms with Crippen molar-refractivity contribution >= 4 is 23.3 Å². The van der Waals surface area contributed by atoms with E-state index in [0.29, 0.717) is 11.4 Å². The van der Waals surface area contributed by atoms with Crippen LogP contribution in [0.5, 0.6) is 5.75 Å². The first-order valence-corrected chi connectivity index (χ1v) is 10.7. The first-order chi connectivity index (χ1) is 15.5. The van der Waals surface area contributed by atoms with Crippen molar-refractivity contribution in [1.82, 2.24) is 0 Å². The molecule has 158 valence electrons. The molecule has 3 aromatic rings. The van der Waals surface area contributed by atoms with Gasteiger partial charge in [0, 0.05) is 5.92 Å². The molecule has 3 aliphatic carbocycles. The van der Waals surface area contributed by atoms with Gasteiger partial charge in [-0.05, 0) is 41.3 Å². The molecule has 5 heteroatoms. The van der Waals surface area contributed by atoms with E-state index >= 15 is 0 Å². The number of ketones is 1. The highest BCUT2D eigenvalue weighted by Crippen LogP contribution is 2.64. The maximum absolute atomic E-state index is 14.0. The molecule has 0 saturated carbocycles. The Bertz CT molecular complexity index is 1280. The number of anilines is 1. The van der Waals surface area contributed by atoms with Crippen LogP contribution in [0.25, 0.3) is 0 Å². The molecule has 1 heterocycles. The number of nitrogens with zero attached hydrogens (tertiary/aromatic N) is 1. The Morgan fingerprint density at radius 3 is 2.00 bits per heavy atom. The van der Waals surface area contributed by atoms with Crippen molar-refractivity contribution in [3.05, 3.63) is 95.1 Å². The largest absolute Gasteiger partial charge is 0.495 e. The summed E-state index contributed by atoms with van der Waals surface area (Å²) in [5.41, 5.74) is 2.86. The molecule has 2 amide bonds. The Kier molecular flexibility index (Phi) is 3.79. The van der Waals surface area contributed by atoms with Gasteiger partial charge in [-0.2, -0.15) is 0 Å². The van der Waals surface area contributed by atoms with Crippen LogP contribution < -0.4 is 9.64 Å². The van der Waals surface area contributed by atoms with Gasteiger partial charge in [-0.15, -0.1) is 0 Å². The van der Waals surface area contributed by atoms with Gasteiger partial charge in [0.15, 0.2) is 0 Å². The number of para-hydroxylation sites is 2. The Balaban J connectivity index is 1.67. The van der Waals surface area contributed by atoms with Crippen molar-refractivity contribution in [3.63, 3.8) is 0 Å². The molecule has 1 saturated heterocycles. The van der Waals surface area contributed by atoms with Crippen molar-refractivity contribution in [1.29, 1.82) is 0 Å². The van der Waals surface area contributed by atoms with E-state index in [1.807, 2.05) is 48.5 Å². The van der Waals surface area contributed by atoms with E-state index in [2.05, 4.69) is 0 Å². The van der Waals surface area contributed by atoms with Gasteiger partial charge < -0.3 is 4.74 Å². The fraction of sp³-hybridized carbons (Fsp3) is 0.222. The third-order valence-corrected chi connectivity index (χ3v) is 7.50. The van der Waals surface area contributed by atoms with Gasteiger partial charge in [-0.1, -0.05) is 60.7 Å². The van der Waals surface area contributed by atoms with Gasteiger partial charge in [-0.25, -0.2) is 4.90 Å². The Labute approximate surface area is 185 Å². The summed E-state index contributed by atoms with van der Waals surface area (Å²) in [6, 6.07) is 22.6. The van der Waals surface area contributed by atoms with Crippen molar-refractivity contribution in [2.75, 3.05) is 12.0 Å². The van der Waals surface area contributed by atoms with E-state index < -0.39 is 17.3 Å². The fourth-order valence-corrected chi connectivity index (χ4v) is 6.42. The van der Waals surface area contributed by atoms with Crippen LogP contribution in [0.1, 0.15) is 35.1 Å². The minimum Gasteiger partial charge on any atom is -0.495 e. The molecule has 0 N–H and O–H groups in total. The maximum Gasteiger partial charge on any atom is 0.239 e. The molecule has 2 atom stereocenters. The van der Waals surface area contributed by atoms with Crippen LogP contribution in [-0.2, 0) is 19.8 Å². The molecule has 1 aliphatic heterocycles. The van der Waals surface area contributed by atoms with Gasteiger partial charge in [0.1, 0.15) is 11.5 Å². The van der Waals surface area contributed by atoms with Crippen LogP contribution in [-0.4, -0.2) is 24.7 Å². The predicted octanol–water partition coefficient (Wildman–Crippen LogP) is 3.84. The lowest BCUT2D eigenvalue weighted by atomic mass is 9.46. The molecule has 2 bridgehead atoms. The Hall–Kier alpha value is -3.73. The highest BCUT2D eigenvalue weighted by Gasteiger charge is 2.70. The zero-order chi connectivity index (χ0) is 22.2. The molecule has 5 nitrogen and oxygen atoms in total. The summed E-state index contributed by atoms with van der Waals surface area (Å²) in [7, 11) is 1.52. The minimum atomic E-state index is -1.18. The number of carbonyl (C=O) groups excluding carboxylic acids is 3. The molecule has 1 fully saturated rings. The fourth-order valence-electron chi connectivity index (χ4n) is 6.42. The molecule has 4 aliphatic rings. The summed E-state index contributed by atoms with van der Waals surface area (Å²) in [6.45, 7) is 1.54. The van der Waals surface area contributed by atoms with Crippen molar-refractivity contribution in [2.45, 2.75) is 18.3 Å². The summed E-state index contributed by atoms with van der Waals surface area (Å²) < 4.78 is 5.46. The molecule has 0 aromatic heterocycles. The molecular weight excluding hydrogens is 402 g/mol. The van der Waals surface area contributed by atoms with E-state index in [1.54, 1.807) is 31.2 Å². The van der Waals surface area contributed by atoms with E-state index in [-0.39, 0.29) is 23.5 Å². The number of imide groups is 1. The summed E-state index contributed by atoms with van der Waals surface area (Å²) in [4.78, 5) is 42.8. The number of Topliss-reactive ketones (excluding diaryl/α,β-unsaturated/α-hetero) is 1. The standard InChI is InChI=1S/C27H21NO4/c1-15(29)27-18-11-5-3-9-16(18)22(17-10-4-6-12-19(17)27)23-24(27)26(31)28(25(23)30)20-13-7-8-14-21(20)32-2/h3-14,22-24H,1-2H3/t22?,23-,24-,27?/m1/s1. The lowest BCUT2D eigenvalue weighted by Crippen LogP contribution is -2.57. The summed E-state index contributed by atoms with van der Waals surface area (Å²) in [5.74, 6) is -1.98. The Morgan fingerprint density at radius 1 is 0.844 bits per heavy atom. The molecule has 7 rings (SSSR count). The van der Waals surface area contributed by atoms with Crippen LogP contribution in [0.2, 0.25) is 0 Å². The number of methoxy groups -OCH3 is 1. The van der Waals surface area contributed by atoms with Crippen molar-refractivity contribution in [2.24, 2.45) is 11.8 Å². The second-order valence-corrected chi connectivity index (χ2v) is 8.70. The third kappa shape index (κ3) is 2.01. The van der Waals surface area contributed by atoms with E-state index in [9.17, 15) is 14.4 Å². The van der Waals surface area contributed by atoms with Gasteiger partial charge in [-0.3, -0.25) is 14.4 Å². The quantitative estimate of drug-likeness (QED) is 0.601. The average molecular weight is 423 g/mol. The second-order valence-electron chi connectivity index (χ2n) is 8.70. The van der Waals surface area contributed by atoms with Crippen molar-refractivity contribution in [3.8, 4) is 5.75 Å². The first-order valence-electron chi connectivity index (χ1n) is 10.7.